The smallest absolute Gasteiger partial charge is 0.0957 e. The lowest BCUT2D eigenvalue weighted by atomic mass is 10.1. The molecule has 3 heteroatoms. The third kappa shape index (κ3) is 1.09. The molecular formula is C9H10BrNO. The van der Waals surface area contributed by atoms with Gasteiger partial charge in [0, 0.05) is 10.5 Å². The van der Waals surface area contributed by atoms with Crippen LogP contribution in [0.25, 0.3) is 0 Å². The zero-order valence-corrected chi connectivity index (χ0v) is 8.08. The van der Waals surface area contributed by atoms with Crippen LogP contribution in [0.3, 0.4) is 0 Å². The quantitative estimate of drug-likeness (QED) is 0.704. The monoisotopic (exact) mass is 227 g/mol. The molecule has 0 aromatic heterocycles. The van der Waals surface area contributed by atoms with Crippen molar-refractivity contribution in [2.75, 3.05) is 0 Å². The fourth-order valence-electron chi connectivity index (χ4n) is 1.67. The van der Waals surface area contributed by atoms with Crippen molar-refractivity contribution in [1.82, 2.24) is 0 Å². The lowest BCUT2D eigenvalue weighted by Gasteiger charge is -2.09. The number of nitrogens with two attached hydrogens (primary N) is 1. The molecule has 1 aromatic carbocycles. The van der Waals surface area contributed by atoms with Crippen molar-refractivity contribution >= 4 is 15.9 Å². The number of aliphatic hydroxyl groups excluding tert-OH is 1. The Labute approximate surface area is 79.5 Å². The van der Waals surface area contributed by atoms with E-state index in [1.165, 1.54) is 0 Å². The van der Waals surface area contributed by atoms with Gasteiger partial charge in [0.05, 0.1) is 6.10 Å². The third-order valence-corrected chi connectivity index (χ3v) is 2.99. The van der Waals surface area contributed by atoms with Gasteiger partial charge in [-0.2, -0.15) is 0 Å². The van der Waals surface area contributed by atoms with Gasteiger partial charge in [-0.25, -0.2) is 0 Å². The predicted octanol–water partition coefficient (Wildman–Crippen LogP) is 1.37. The number of aliphatic hydroxyl groups is 1. The Hall–Kier alpha value is -0.380. The molecule has 0 spiro atoms. The molecule has 2 rings (SSSR count). The summed E-state index contributed by atoms with van der Waals surface area (Å²) in [6.07, 6.45) is 0.270. The molecule has 0 saturated heterocycles. The van der Waals surface area contributed by atoms with Crippen molar-refractivity contribution in [2.24, 2.45) is 5.73 Å². The Kier molecular flexibility index (Phi) is 1.94. The molecular weight excluding hydrogens is 218 g/mol. The van der Waals surface area contributed by atoms with Crippen LogP contribution in [0.2, 0.25) is 0 Å². The highest BCUT2D eigenvalue weighted by molar-refractivity contribution is 9.10. The summed E-state index contributed by atoms with van der Waals surface area (Å²) >= 11 is 3.40. The number of rotatable bonds is 0. The largest absolute Gasteiger partial charge is 0.387 e. The van der Waals surface area contributed by atoms with Crippen LogP contribution in [0.1, 0.15) is 17.2 Å². The van der Waals surface area contributed by atoms with Crippen LogP contribution in [-0.4, -0.2) is 11.1 Å². The van der Waals surface area contributed by atoms with Gasteiger partial charge < -0.3 is 10.8 Å². The number of hydrogen-bond acceptors (Lipinski definition) is 2. The fraction of sp³-hybridized carbons (Fsp3) is 0.333. The fourth-order valence-corrected chi connectivity index (χ4v) is 2.31. The van der Waals surface area contributed by atoms with Gasteiger partial charge in [0.15, 0.2) is 0 Å². The van der Waals surface area contributed by atoms with Gasteiger partial charge in [0.2, 0.25) is 0 Å². The summed E-state index contributed by atoms with van der Waals surface area (Å²) in [4.78, 5) is 0. The minimum Gasteiger partial charge on any atom is -0.387 e. The first-order chi connectivity index (χ1) is 5.70. The molecule has 0 fully saturated rings. The third-order valence-electron chi connectivity index (χ3n) is 2.30. The standard InChI is InChI=1S/C9H10BrNO/c10-6-3-1-2-5-4-7(11)9(12)8(5)6/h1-3,7,9,12H,4,11H2. The van der Waals surface area contributed by atoms with Gasteiger partial charge in [-0.05, 0) is 23.6 Å². The Morgan fingerprint density at radius 1 is 1.50 bits per heavy atom. The van der Waals surface area contributed by atoms with E-state index in [0.29, 0.717) is 0 Å². The molecule has 2 atom stereocenters. The predicted molar refractivity (Wildman–Crippen MR) is 50.8 cm³/mol. The van der Waals surface area contributed by atoms with Crippen molar-refractivity contribution in [3.05, 3.63) is 33.8 Å². The highest BCUT2D eigenvalue weighted by atomic mass is 79.9. The van der Waals surface area contributed by atoms with Crippen LogP contribution in [-0.2, 0) is 6.42 Å². The molecule has 3 N–H and O–H groups in total. The molecule has 0 aliphatic heterocycles. The minimum absolute atomic E-state index is 0.140. The second-order valence-corrected chi connectivity index (χ2v) is 3.98. The van der Waals surface area contributed by atoms with Gasteiger partial charge in [0.1, 0.15) is 0 Å². The Balaban J connectivity index is 2.55. The Morgan fingerprint density at radius 2 is 2.25 bits per heavy atom. The summed E-state index contributed by atoms with van der Waals surface area (Å²) in [6, 6.07) is 5.77. The van der Waals surface area contributed by atoms with Crippen LogP contribution in [0.4, 0.5) is 0 Å². The zero-order valence-electron chi connectivity index (χ0n) is 6.50. The minimum atomic E-state index is -0.504. The van der Waals surface area contributed by atoms with Gasteiger partial charge in [-0.15, -0.1) is 0 Å². The number of benzene rings is 1. The van der Waals surface area contributed by atoms with Gasteiger partial charge in [-0.1, -0.05) is 28.1 Å². The molecule has 2 unspecified atom stereocenters. The summed E-state index contributed by atoms with van der Waals surface area (Å²) in [5.41, 5.74) is 7.85. The van der Waals surface area contributed by atoms with E-state index in [9.17, 15) is 5.11 Å². The lowest BCUT2D eigenvalue weighted by molar-refractivity contribution is 0.159. The molecule has 0 amide bonds. The first-order valence-electron chi connectivity index (χ1n) is 3.91. The van der Waals surface area contributed by atoms with E-state index in [2.05, 4.69) is 15.9 Å². The molecule has 64 valence electrons. The SMILES string of the molecule is NC1Cc2cccc(Br)c2C1O. The van der Waals surface area contributed by atoms with E-state index < -0.39 is 6.10 Å². The Morgan fingerprint density at radius 3 is 2.92 bits per heavy atom. The second kappa shape index (κ2) is 2.83. The molecule has 1 aliphatic rings. The van der Waals surface area contributed by atoms with Crippen molar-refractivity contribution in [3.8, 4) is 0 Å². The van der Waals surface area contributed by atoms with E-state index >= 15 is 0 Å². The highest BCUT2D eigenvalue weighted by Crippen LogP contribution is 2.35. The van der Waals surface area contributed by atoms with Crippen molar-refractivity contribution in [1.29, 1.82) is 0 Å². The molecule has 12 heavy (non-hydrogen) atoms. The summed E-state index contributed by atoms with van der Waals surface area (Å²) in [5, 5.41) is 9.68. The van der Waals surface area contributed by atoms with E-state index in [0.717, 1.165) is 22.0 Å². The van der Waals surface area contributed by atoms with Crippen LogP contribution < -0.4 is 5.73 Å². The number of hydrogen-bond donors (Lipinski definition) is 2. The molecule has 1 aromatic rings. The van der Waals surface area contributed by atoms with Crippen LogP contribution in [0, 0.1) is 0 Å². The van der Waals surface area contributed by atoms with Gasteiger partial charge in [-0.3, -0.25) is 0 Å². The number of halogens is 1. The molecule has 0 radical (unpaired) electrons. The summed E-state index contributed by atoms with van der Waals surface area (Å²) in [7, 11) is 0. The van der Waals surface area contributed by atoms with Crippen LogP contribution >= 0.6 is 15.9 Å². The average molecular weight is 228 g/mol. The van der Waals surface area contributed by atoms with Crippen LogP contribution in [0.5, 0.6) is 0 Å². The summed E-state index contributed by atoms with van der Waals surface area (Å²) < 4.78 is 0.959. The highest BCUT2D eigenvalue weighted by Gasteiger charge is 2.29. The van der Waals surface area contributed by atoms with Gasteiger partial charge >= 0.3 is 0 Å². The van der Waals surface area contributed by atoms with E-state index in [4.69, 9.17) is 5.73 Å². The maximum Gasteiger partial charge on any atom is 0.0957 e. The van der Waals surface area contributed by atoms with E-state index in [1.54, 1.807) is 0 Å². The molecule has 2 nitrogen and oxygen atoms in total. The van der Waals surface area contributed by atoms with Crippen molar-refractivity contribution < 1.29 is 5.11 Å². The first kappa shape index (κ1) is 8.23. The van der Waals surface area contributed by atoms with Crippen molar-refractivity contribution in [3.63, 3.8) is 0 Å². The maximum atomic E-state index is 9.68. The molecule has 0 heterocycles. The maximum absolute atomic E-state index is 9.68. The lowest BCUT2D eigenvalue weighted by Crippen LogP contribution is -2.24. The average Bonchev–Trinajstić information content (AvgIpc) is 2.29. The first-order valence-corrected chi connectivity index (χ1v) is 4.70. The van der Waals surface area contributed by atoms with E-state index in [-0.39, 0.29) is 6.04 Å². The van der Waals surface area contributed by atoms with Crippen molar-refractivity contribution in [2.45, 2.75) is 18.6 Å². The second-order valence-electron chi connectivity index (χ2n) is 3.13. The zero-order chi connectivity index (χ0) is 8.72. The molecule has 0 bridgehead atoms. The number of fused-ring (bicyclic) bond motifs is 1. The summed E-state index contributed by atoms with van der Waals surface area (Å²) in [5.74, 6) is 0. The molecule has 1 aliphatic carbocycles. The summed E-state index contributed by atoms with van der Waals surface area (Å²) in [6.45, 7) is 0. The molecule has 0 saturated carbocycles. The topological polar surface area (TPSA) is 46.2 Å². The Bertz CT molecular complexity index is 313. The van der Waals surface area contributed by atoms with Gasteiger partial charge in [0.25, 0.3) is 0 Å². The van der Waals surface area contributed by atoms with Crippen LogP contribution in [0.15, 0.2) is 22.7 Å². The normalized spacial score (nSPS) is 27.2. The van der Waals surface area contributed by atoms with E-state index in [1.807, 2.05) is 18.2 Å².